The van der Waals surface area contributed by atoms with Gasteiger partial charge in [0.1, 0.15) is 0 Å². The van der Waals surface area contributed by atoms with Crippen LogP contribution in [0.2, 0.25) is 0 Å². The molecule has 0 aromatic heterocycles. The van der Waals surface area contributed by atoms with E-state index in [0.717, 1.165) is 5.92 Å². The molecule has 3 aliphatic rings. The molecule has 0 saturated heterocycles. The molecule has 0 aromatic carbocycles. The first-order valence-corrected chi connectivity index (χ1v) is 6.64. The van der Waals surface area contributed by atoms with E-state index < -0.39 is 0 Å². The average molecular weight is 208 g/mol. The van der Waals surface area contributed by atoms with Gasteiger partial charge in [-0.05, 0) is 54.8 Å². The van der Waals surface area contributed by atoms with Crippen molar-refractivity contribution in [2.24, 2.45) is 22.7 Å². The molecule has 1 nitrogen and oxygen atoms in total. The Morgan fingerprint density at radius 1 is 1.00 bits per heavy atom. The zero-order chi connectivity index (χ0) is 10.9. The third-order valence-electron chi connectivity index (χ3n) is 6.36. The van der Waals surface area contributed by atoms with Gasteiger partial charge in [-0.2, -0.15) is 0 Å². The van der Waals surface area contributed by atoms with E-state index in [1.54, 1.807) is 0 Å². The van der Waals surface area contributed by atoms with Gasteiger partial charge in [0.05, 0.1) is 5.60 Å². The van der Waals surface area contributed by atoms with Crippen LogP contribution in [0.15, 0.2) is 0 Å². The molecule has 3 fully saturated rings. The molecule has 0 aromatic rings. The van der Waals surface area contributed by atoms with Crippen molar-refractivity contribution in [2.75, 3.05) is 0 Å². The fourth-order valence-corrected chi connectivity index (χ4v) is 5.14. The molecule has 3 unspecified atom stereocenters. The normalized spacial score (nSPS) is 53.2. The summed E-state index contributed by atoms with van der Waals surface area (Å²) in [7, 11) is 0. The fraction of sp³-hybridized carbons (Fsp3) is 1.00. The monoisotopic (exact) mass is 208 g/mol. The lowest BCUT2D eigenvalue weighted by atomic mass is 9.52. The van der Waals surface area contributed by atoms with Crippen molar-refractivity contribution < 1.29 is 5.11 Å². The summed E-state index contributed by atoms with van der Waals surface area (Å²) in [6, 6.07) is 0. The molecule has 0 radical (unpaired) electrons. The molecule has 0 aliphatic heterocycles. The molecule has 0 amide bonds. The highest BCUT2D eigenvalue weighted by atomic mass is 16.3. The quantitative estimate of drug-likeness (QED) is 0.700. The summed E-state index contributed by atoms with van der Waals surface area (Å²) in [6.45, 7) is 6.99. The van der Waals surface area contributed by atoms with Crippen molar-refractivity contribution in [1.29, 1.82) is 0 Å². The van der Waals surface area contributed by atoms with Gasteiger partial charge in [0.15, 0.2) is 0 Å². The number of hydrogen-bond acceptors (Lipinski definition) is 1. The Bertz CT molecular complexity index is 285. The topological polar surface area (TPSA) is 20.2 Å². The van der Waals surface area contributed by atoms with Crippen LogP contribution >= 0.6 is 0 Å². The van der Waals surface area contributed by atoms with Crippen LogP contribution < -0.4 is 0 Å². The summed E-state index contributed by atoms with van der Waals surface area (Å²) >= 11 is 0. The van der Waals surface area contributed by atoms with E-state index in [0.29, 0.717) is 5.92 Å². The third kappa shape index (κ3) is 0.906. The van der Waals surface area contributed by atoms with Crippen molar-refractivity contribution >= 4 is 0 Å². The SMILES string of the molecule is CC12CCC(C1)C(C)(C)C2(O)C1CCC1. The van der Waals surface area contributed by atoms with Gasteiger partial charge in [0, 0.05) is 0 Å². The molecular formula is C14H24O. The molecule has 3 saturated carbocycles. The van der Waals surface area contributed by atoms with Crippen molar-refractivity contribution in [3.8, 4) is 0 Å². The van der Waals surface area contributed by atoms with E-state index >= 15 is 0 Å². The van der Waals surface area contributed by atoms with E-state index in [1.807, 2.05) is 0 Å². The second-order valence-corrected chi connectivity index (χ2v) is 7.12. The smallest absolute Gasteiger partial charge is 0.0782 e. The highest BCUT2D eigenvalue weighted by Gasteiger charge is 2.71. The lowest BCUT2D eigenvalue weighted by Gasteiger charge is -2.57. The minimum atomic E-state index is -0.360. The van der Waals surface area contributed by atoms with Gasteiger partial charge in [-0.25, -0.2) is 0 Å². The molecule has 15 heavy (non-hydrogen) atoms. The predicted octanol–water partition coefficient (Wildman–Crippen LogP) is 3.36. The van der Waals surface area contributed by atoms with Gasteiger partial charge >= 0.3 is 0 Å². The number of hydrogen-bond donors (Lipinski definition) is 1. The first kappa shape index (κ1) is 10.1. The number of rotatable bonds is 1. The van der Waals surface area contributed by atoms with E-state index in [2.05, 4.69) is 20.8 Å². The molecule has 1 N–H and O–H groups in total. The second kappa shape index (κ2) is 2.61. The van der Waals surface area contributed by atoms with E-state index in [9.17, 15) is 5.11 Å². The van der Waals surface area contributed by atoms with Crippen LogP contribution in [-0.4, -0.2) is 10.7 Å². The molecule has 0 spiro atoms. The molecule has 1 heteroatoms. The Labute approximate surface area is 93.3 Å². The average Bonchev–Trinajstić information content (AvgIpc) is 2.49. The van der Waals surface area contributed by atoms with Crippen LogP contribution in [-0.2, 0) is 0 Å². The molecule has 3 rings (SSSR count). The Kier molecular flexibility index (Phi) is 1.77. The van der Waals surface area contributed by atoms with Crippen LogP contribution in [0.5, 0.6) is 0 Å². The van der Waals surface area contributed by atoms with Crippen molar-refractivity contribution in [3.63, 3.8) is 0 Å². The Morgan fingerprint density at radius 2 is 1.67 bits per heavy atom. The van der Waals surface area contributed by atoms with Gasteiger partial charge in [0.25, 0.3) is 0 Å². The van der Waals surface area contributed by atoms with Crippen LogP contribution in [0.3, 0.4) is 0 Å². The highest BCUT2D eigenvalue weighted by Crippen LogP contribution is 2.71. The summed E-state index contributed by atoms with van der Waals surface area (Å²) in [6.07, 6.45) is 7.74. The minimum Gasteiger partial charge on any atom is -0.388 e. The van der Waals surface area contributed by atoms with Crippen LogP contribution in [0.1, 0.15) is 59.3 Å². The van der Waals surface area contributed by atoms with E-state index in [1.165, 1.54) is 38.5 Å². The van der Waals surface area contributed by atoms with Gasteiger partial charge in [-0.1, -0.05) is 27.2 Å². The molecule has 2 bridgehead atoms. The summed E-state index contributed by atoms with van der Waals surface area (Å²) in [5.41, 5.74) is 0.0263. The first-order valence-electron chi connectivity index (χ1n) is 6.64. The lowest BCUT2D eigenvalue weighted by molar-refractivity contribution is -0.197. The van der Waals surface area contributed by atoms with Crippen molar-refractivity contribution in [3.05, 3.63) is 0 Å². The van der Waals surface area contributed by atoms with Gasteiger partial charge in [-0.3, -0.25) is 0 Å². The van der Waals surface area contributed by atoms with Crippen molar-refractivity contribution in [1.82, 2.24) is 0 Å². The van der Waals surface area contributed by atoms with Gasteiger partial charge in [-0.15, -0.1) is 0 Å². The Balaban J connectivity index is 2.04. The maximum absolute atomic E-state index is 11.3. The fourth-order valence-electron chi connectivity index (χ4n) is 5.14. The molecule has 3 atom stereocenters. The van der Waals surface area contributed by atoms with Gasteiger partial charge < -0.3 is 5.11 Å². The third-order valence-corrected chi connectivity index (χ3v) is 6.36. The summed E-state index contributed by atoms with van der Waals surface area (Å²) in [5.74, 6) is 1.37. The maximum Gasteiger partial charge on any atom is 0.0782 e. The van der Waals surface area contributed by atoms with E-state index in [-0.39, 0.29) is 16.4 Å². The van der Waals surface area contributed by atoms with Crippen LogP contribution in [0.25, 0.3) is 0 Å². The van der Waals surface area contributed by atoms with E-state index in [4.69, 9.17) is 0 Å². The second-order valence-electron chi connectivity index (χ2n) is 7.12. The first-order chi connectivity index (χ1) is 6.92. The van der Waals surface area contributed by atoms with Crippen LogP contribution in [0, 0.1) is 22.7 Å². The summed E-state index contributed by atoms with van der Waals surface area (Å²) in [5, 5.41) is 11.3. The minimum absolute atomic E-state index is 0.158. The predicted molar refractivity (Wildman–Crippen MR) is 61.5 cm³/mol. The molecular weight excluding hydrogens is 184 g/mol. The molecule has 0 heterocycles. The molecule has 3 aliphatic carbocycles. The number of fused-ring (bicyclic) bond motifs is 2. The standard InChI is InChI=1S/C14H24O/c1-12(2)11-7-8-13(3,9-11)14(12,15)10-5-4-6-10/h10-11,15H,4-9H2,1-3H3. The zero-order valence-electron chi connectivity index (χ0n) is 10.3. The van der Waals surface area contributed by atoms with Crippen LogP contribution in [0.4, 0.5) is 0 Å². The highest BCUT2D eigenvalue weighted by molar-refractivity contribution is 5.20. The zero-order valence-corrected chi connectivity index (χ0v) is 10.3. The van der Waals surface area contributed by atoms with Gasteiger partial charge in [0.2, 0.25) is 0 Å². The lowest BCUT2D eigenvalue weighted by Crippen LogP contribution is -2.60. The Morgan fingerprint density at radius 3 is 2.07 bits per heavy atom. The molecule has 86 valence electrons. The maximum atomic E-state index is 11.3. The summed E-state index contributed by atoms with van der Waals surface area (Å²) < 4.78 is 0. The Hall–Kier alpha value is -0.0400. The summed E-state index contributed by atoms with van der Waals surface area (Å²) in [4.78, 5) is 0. The largest absolute Gasteiger partial charge is 0.388 e. The van der Waals surface area contributed by atoms with Crippen molar-refractivity contribution in [2.45, 2.75) is 64.9 Å². The number of aliphatic hydroxyl groups is 1.